The van der Waals surface area contributed by atoms with Crippen LogP contribution in [0.15, 0.2) is 36.8 Å². The number of piperidine rings is 1. The van der Waals surface area contributed by atoms with Gasteiger partial charge in [0.2, 0.25) is 5.95 Å². The van der Waals surface area contributed by atoms with Gasteiger partial charge in [-0.2, -0.15) is 10.1 Å². The van der Waals surface area contributed by atoms with Gasteiger partial charge in [0.05, 0.1) is 24.5 Å². The molecule has 2 aliphatic rings. The van der Waals surface area contributed by atoms with Crippen LogP contribution < -0.4 is 15.1 Å². The van der Waals surface area contributed by atoms with Gasteiger partial charge in [0.25, 0.3) is 0 Å². The van der Waals surface area contributed by atoms with Crippen LogP contribution in [0.4, 0.5) is 33.9 Å². The van der Waals surface area contributed by atoms with Crippen LogP contribution in [0.25, 0.3) is 0 Å². The second-order valence-corrected chi connectivity index (χ2v) is 9.46. The molecule has 5 heterocycles. The van der Waals surface area contributed by atoms with Crippen molar-refractivity contribution in [2.24, 2.45) is 0 Å². The molecule has 0 aliphatic carbocycles. The number of hydrogen-bond donors (Lipinski definition) is 1. The minimum absolute atomic E-state index is 0.245. The van der Waals surface area contributed by atoms with E-state index in [0.29, 0.717) is 30.2 Å². The molecule has 0 spiro atoms. The second kappa shape index (κ2) is 10.1. The monoisotopic (exact) mass is 491 g/mol. The molecule has 2 aliphatic heterocycles. The third-order valence-corrected chi connectivity index (χ3v) is 6.84. The van der Waals surface area contributed by atoms with Crippen LogP contribution in [-0.4, -0.2) is 76.1 Å². The van der Waals surface area contributed by atoms with Gasteiger partial charge in [-0.3, -0.25) is 9.58 Å². The summed E-state index contributed by atoms with van der Waals surface area (Å²) in [6.45, 7) is 7.13. The van der Waals surface area contributed by atoms with Gasteiger partial charge in [-0.1, -0.05) is 13.0 Å². The first-order valence-corrected chi connectivity index (χ1v) is 12.4. The molecule has 1 atom stereocenters. The third-order valence-electron chi connectivity index (χ3n) is 6.84. The average molecular weight is 492 g/mol. The predicted octanol–water partition coefficient (Wildman–Crippen LogP) is 3.93. The Morgan fingerprint density at radius 3 is 2.81 bits per heavy atom. The molecule has 5 rings (SSSR count). The van der Waals surface area contributed by atoms with Crippen molar-refractivity contribution in [3.05, 3.63) is 42.4 Å². The Kier molecular flexibility index (Phi) is 6.73. The molecule has 3 aromatic heterocycles. The maximum absolute atomic E-state index is 12.2. The molecule has 0 bridgehead atoms. The van der Waals surface area contributed by atoms with E-state index < -0.39 is 6.09 Å². The van der Waals surface area contributed by atoms with Crippen LogP contribution >= 0.6 is 0 Å². The highest BCUT2D eigenvalue weighted by Gasteiger charge is 2.30. The van der Waals surface area contributed by atoms with Crippen molar-refractivity contribution >= 4 is 35.2 Å². The van der Waals surface area contributed by atoms with Crippen molar-refractivity contribution in [3.63, 3.8) is 0 Å². The predicted molar refractivity (Wildman–Crippen MR) is 138 cm³/mol. The summed E-state index contributed by atoms with van der Waals surface area (Å²) in [6.07, 6.45) is 7.49. The van der Waals surface area contributed by atoms with E-state index in [1.807, 2.05) is 35.4 Å². The normalized spacial score (nSPS) is 18.2. The highest BCUT2D eigenvalue weighted by molar-refractivity contribution is 5.86. The first-order chi connectivity index (χ1) is 17.4. The molecule has 0 saturated carbocycles. The van der Waals surface area contributed by atoms with Gasteiger partial charge >= 0.3 is 6.09 Å². The lowest BCUT2D eigenvalue weighted by Crippen LogP contribution is -2.31. The highest BCUT2D eigenvalue weighted by Crippen LogP contribution is 2.39. The number of fused-ring (bicyclic) bond motifs is 1. The van der Waals surface area contributed by atoms with Crippen LogP contribution in [0.1, 0.15) is 44.2 Å². The topological polar surface area (TPSA) is 105 Å². The third kappa shape index (κ3) is 4.83. The van der Waals surface area contributed by atoms with Gasteiger partial charge in [-0.15, -0.1) is 0 Å². The molecule has 11 nitrogen and oxygen atoms in total. The van der Waals surface area contributed by atoms with Crippen molar-refractivity contribution < 1.29 is 9.53 Å². The minimum atomic E-state index is -0.438. The molecule has 36 heavy (non-hydrogen) atoms. The number of nitrogens with zero attached hydrogens (tertiary/aromatic N) is 8. The van der Waals surface area contributed by atoms with E-state index >= 15 is 0 Å². The number of hydrogen-bond acceptors (Lipinski definition) is 9. The van der Waals surface area contributed by atoms with E-state index in [-0.39, 0.29) is 5.92 Å². The van der Waals surface area contributed by atoms with Gasteiger partial charge in [0.15, 0.2) is 0 Å². The van der Waals surface area contributed by atoms with Crippen LogP contribution in [-0.2, 0) is 4.74 Å². The summed E-state index contributed by atoms with van der Waals surface area (Å²) >= 11 is 0. The Labute approximate surface area is 211 Å². The smallest absolute Gasteiger partial charge is 0.415 e. The first kappa shape index (κ1) is 24.0. The zero-order chi connectivity index (χ0) is 25.2. The number of likely N-dealkylation sites (tertiary alicyclic amines) is 1. The molecule has 1 N–H and O–H groups in total. The summed E-state index contributed by atoms with van der Waals surface area (Å²) in [4.78, 5) is 32.1. The molecule has 1 fully saturated rings. The number of ether oxygens (including phenoxy) is 1. The lowest BCUT2D eigenvalue weighted by Gasteiger charge is -2.28. The molecule has 3 aromatic rings. The molecule has 1 unspecified atom stereocenters. The fourth-order valence-electron chi connectivity index (χ4n) is 4.72. The van der Waals surface area contributed by atoms with E-state index in [9.17, 15) is 4.79 Å². The van der Waals surface area contributed by atoms with E-state index in [0.717, 1.165) is 49.5 Å². The lowest BCUT2D eigenvalue weighted by atomic mass is 10.1. The molecular weight excluding hydrogens is 458 g/mol. The largest absolute Gasteiger partial charge is 0.449 e. The van der Waals surface area contributed by atoms with Crippen LogP contribution in [0.3, 0.4) is 0 Å². The van der Waals surface area contributed by atoms with Crippen molar-refractivity contribution in [3.8, 4) is 0 Å². The zero-order valence-corrected chi connectivity index (χ0v) is 21.3. The summed E-state index contributed by atoms with van der Waals surface area (Å²) in [6, 6.07) is 6.01. The molecule has 1 saturated heterocycles. The van der Waals surface area contributed by atoms with Crippen molar-refractivity contribution in [2.75, 3.05) is 55.5 Å². The number of carbonyl (C=O) groups excluding carboxylic acids is 1. The van der Waals surface area contributed by atoms with E-state index in [1.54, 1.807) is 20.0 Å². The summed E-state index contributed by atoms with van der Waals surface area (Å²) in [5.74, 6) is 2.80. The molecule has 190 valence electrons. The molecular formula is C25H33N9O2. The van der Waals surface area contributed by atoms with E-state index in [4.69, 9.17) is 14.7 Å². The summed E-state index contributed by atoms with van der Waals surface area (Å²) < 4.78 is 7.16. The van der Waals surface area contributed by atoms with E-state index in [1.165, 1.54) is 4.90 Å². The van der Waals surface area contributed by atoms with E-state index in [2.05, 4.69) is 39.2 Å². The van der Waals surface area contributed by atoms with Gasteiger partial charge in [0, 0.05) is 37.5 Å². The van der Waals surface area contributed by atoms with Crippen molar-refractivity contribution in [1.82, 2.24) is 29.6 Å². The molecule has 0 radical (unpaired) electrons. The number of nitrogens with one attached hydrogen (secondary N) is 1. The second-order valence-electron chi connectivity index (χ2n) is 9.46. The van der Waals surface area contributed by atoms with Gasteiger partial charge < -0.3 is 19.9 Å². The van der Waals surface area contributed by atoms with Gasteiger partial charge in [-0.05, 0) is 52.0 Å². The fourth-order valence-corrected chi connectivity index (χ4v) is 4.72. The SMILES string of the molecule is CCOC(=O)N(C)c1cccc(N2CC(C)c3cnc(Nc4cnn(C5CCN(C)CC5)c4)nc32)n1. The number of anilines is 5. The van der Waals surface area contributed by atoms with Crippen molar-refractivity contribution in [2.45, 2.75) is 38.6 Å². The maximum Gasteiger partial charge on any atom is 0.415 e. The van der Waals surface area contributed by atoms with Gasteiger partial charge in [-0.25, -0.2) is 14.8 Å². The Hall–Kier alpha value is -3.73. The quantitative estimate of drug-likeness (QED) is 0.549. The van der Waals surface area contributed by atoms with Gasteiger partial charge in [0.1, 0.15) is 17.5 Å². The molecule has 11 heteroatoms. The minimum Gasteiger partial charge on any atom is -0.449 e. The highest BCUT2D eigenvalue weighted by atomic mass is 16.6. The Bertz CT molecular complexity index is 1220. The summed E-state index contributed by atoms with van der Waals surface area (Å²) in [5, 5.41) is 7.89. The Morgan fingerprint density at radius 1 is 1.22 bits per heavy atom. The molecule has 1 amide bonds. The summed E-state index contributed by atoms with van der Waals surface area (Å²) in [5.41, 5.74) is 1.93. The number of pyridine rings is 1. The number of carbonyl (C=O) groups is 1. The Morgan fingerprint density at radius 2 is 2.03 bits per heavy atom. The fraction of sp³-hybridized carbons (Fsp3) is 0.480. The summed E-state index contributed by atoms with van der Waals surface area (Å²) in [7, 11) is 3.81. The average Bonchev–Trinajstić information content (AvgIpc) is 3.48. The Balaban J connectivity index is 1.35. The van der Waals surface area contributed by atoms with Crippen LogP contribution in [0.2, 0.25) is 0 Å². The lowest BCUT2D eigenvalue weighted by molar-refractivity contribution is 0.161. The van der Waals surface area contributed by atoms with Crippen LogP contribution in [0, 0.1) is 0 Å². The molecule has 0 aromatic carbocycles. The standard InChI is InChI=1S/C25H33N9O2/c1-5-36-25(35)32(4)21-7-6-8-22(29-21)33-15-17(2)20-14-26-24(30-23(20)33)28-18-13-27-34(16-18)19-9-11-31(3)12-10-19/h6-8,13-14,16-17,19H,5,9-12,15H2,1-4H3,(H,26,28,30). The maximum atomic E-state index is 12.2. The van der Waals surface area contributed by atoms with Crippen LogP contribution in [0.5, 0.6) is 0 Å². The zero-order valence-electron chi connectivity index (χ0n) is 21.3. The number of aromatic nitrogens is 5. The van der Waals surface area contributed by atoms with Crippen molar-refractivity contribution in [1.29, 1.82) is 0 Å². The number of rotatable bonds is 6. The first-order valence-electron chi connectivity index (χ1n) is 12.4. The number of amides is 1.